The number of nitrogens with one attached hydrogen (secondary N) is 1. The lowest BCUT2D eigenvalue weighted by molar-refractivity contribution is -0.122. The Kier molecular flexibility index (Phi) is 5.03. The normalized spacial score (nSPS) is 16.8. The number of carbonyl (C=O) groups excluding carboxylic acids is 2. The van der Waals surface area contributed by atoms with Crippen LogP contribution in [0.3, 0.4) is 0 Å². The van der Waals surface area contributed by atoms with Crippen molar-refractivity contribution in [1.29, 1.82) is 0 Å². The fourth-order valence-electron chi connectivity index (χ4n) is 3.15. The van der Waals surface area contributed by atoms with Gasteiger partial charge in [-0.15, -0.1) is 0 Å². The number of amides is 2. The molecular weight excluding hydrogens is 316 g/mol. The minimum atomic E-state index is -0.373. The number of aryl methyl sites for hydroxylation is 1. The van der Waals surface area contributed by atoms with Crippen molar-refractivity contribution < 1.29 is 14.3 Å². The van der Waals surface area contributed by atoms with Gasteiger partial charge in [-0.3, -0.25) is 9.59 Å². The molecular formula is C20H22N2O3. The number of hydrogen-bond donors (Lipinski definition) is 1. The predicted molar refractivity (Wildman–Crippen MR) is 97.9 cm³/mol. The smallest absolute Gasteiger partial charge is 0.229 e. The van der Waals surface area contributed by atoms with Crippen molar-refractivity contribution in [3.63, 3.8) is 0 Å². The molecule has 3 rings (SSSR count). The molecule has 5 heteroatoms. The van der Waals surface area contributed by atoms with Crippen LogP contribution in [0.1, 0.15) is 18.9 Å². The minimum absolute atomic E-state index is 0.0616. The van der Waals surface area contributed by atoms with E-state index in [-0.39, 0.29) is 24.2 Å². The van der Waals surface area contributed by atoms with E-state index in [1.807, 2.05) is 55.5 Å². The molecule has 0 unspecified atom stereocenters. The van der Waals surface area contributed by atoms with Crippen molar-refractivity contribution in [3.05, 3.63) is 54.1 Å². The Morgan fingerprint density at radius 1 is 1.20 bits per heavy atom. The number of rotatable bonds is 5. The molecule has 0 radical (unpaired) electrons. The second kappa shape index (κ2) is 7.38. The van der Waals surface area contributed by atoms with E-state index >= 15 is 0 Å². The van der Waals surface area contributed by atoms with Crippen LogP contribution >= 0.6 is 0 Å². The number of nitrogens with zero attached hydrogens (tertiary/aromatic N) is 1. The molecule has 2 aromatic carbocycles. The van der Waals surface area contributed by atoms with Crippen LogP contribution in [-0.4, -0.2) is 25.5 Å². The monoisotopic (exact) mass is 338 g/mol. The molecule has 1 fully saturated rings. The Balaban J connectivity index is 1.75. The van der Waals surface area contributed by atoms with E-state index in [1.54, 1.807) is 12.0 Å². The van der Waals surface area contributed by atoms with Crippen molar-refractivity contribution in [2.45, 2.75) is 19.8 Å². The van der Waals surface area contributed by atoms with E-state index in [0.29, 0.717) is 18.0 Å². The Hall–Kier alpha value is -2.82. The molecule has 0 aromatic heterocycles. The molecule has 0 bridgehead atoms. The molecule has 5 nitrogen and oxygen atoms in total. The van der Waals surface area contributed by atoms with E-state index in [2.05, 4.69) is 5.32 Å². The lowest BCUT2D eigenvalue weighted by Crippen LogP contribution is -2.28. The number of ether oxygens (including phenoxy) is 1. The van der Waals surface area contributed by atoms with Gasteiger partial charge >= 0.3 is 0 Å². The SMILES string of the molecule is CCc1ccccc1NC(=O)[C@H]1CC(=O)N(c2ccccc2OC)C1. The summed E-state index contributed by atoms with van der Waals surface area (Å²) in [6.07, 6.45) is 1.05. The fraction of sp³-hybridized carbons (Fsp3) is 0.300. The van der Waals surface area contributed by atoms with Crippen molar-refractivity contribution in [2.24, 2.45) is 5.92 Å². The molecule has 0 saturated carbocycles. The van der Waals surface area contributed by atoms with Gasteiger partial charge in [-0.25, -0.2) is 0 Å². The quantitative estimate of drug-likeness (QED) is 0.910. The molecule has 1 saturated heterocycles. The predicted octanol–water partition coefficient (Wildman–Crippen LogP) is 3.25. The molecule has 2 aromatic rings. The minimum Gasteiger partial charge on any atom is -0.495 e. The maximum absolute atomic E-state index is 12.6. The van der Waals surface area contributed by atoms with Crippen molar-refractivity contribution in [3.8, 4) is 5.75 Å². The first-order valence-corrected chi connectivity index (χ1v) is 8.46. The topological polar surface area (TPSA) is 58.6 Å². The van der Waals surface area contributed by atoms with Gasteiger partial charge in [-0.2, -0.15) is 0 Å². The molecule has 1 aliphatic heterocycles. The van der Waals surface area contributed by atoms with Crippen LogP contribution < -0.4 is 15.0 Å². The Morgan fingerprint density at radius 2 is 1.92 bits per heavy atom. The van der Waals surface area contributed by atoms with Crippen LogP contribution in [-0.2, 0) is 16.0 Å². The Morgan fingerprint density at radius 3 is 2.68 bits per heavy atom. The van der Waals surface area contributed by atoms with E-state index < -0.39 is 0 Å². The van der Waals surface area contributed by atoms with Crippen LogP contribution in [0, 0.1) is 5.92 Å². The average Bonchev–Trinajstić information content (AvgIpc) is 3.03. The summed E-state index contributed by atoms with van der Waals surface area (Å²) in [6, 6.07) is 15.1. The second-order valence-electron chi connectivity index (χ2n) is 6.08. The van der Waals surface area contributed by atoms with Crippen LogP contribution in [0.25, 0.3) is 0 Å². The third kappa shape index (κ3) is 3.50. The molecule has 1 aliphatic rings. The lowest BCUT2D eigenvalue weighted by Gasteiger charge is -2.19. The highest BCUT2D eigenvalue weighted by Crippen LogP contribution is 2.33. The van der Waals surface area contributed by atoms with Gasteiger partial charge in [-0.05, 0) is 30.2 Å². The summed E-state index contributed by atoms with van der Waals surface area (Å²) in [4.78, 5) is 26.7. The van der Waals surface area contributed by atoms with Crippen molar-refractivity contribution in [1.82, 2.24) is 0 Å². The van der Waals surface area contributed by atoms with E-state index in [1.165, 1.54) is 0 Å². The molecule has 2 amide bonds. The van der Waals surface area contributed by atoms with Crippen LogP contribution in [0.15, 0.2) is 48.5 Å². The summed E-state index contributed by atoms with van der Waals surface area (Å²) >= 11 is 0. The lowest BCUT2D eigenvalue weighted by atomic mass is 10.1. The summed E-state index contributed by atoms with van der Waals surface area (Å²) < 4.78 is 5.33. The van der Waals surface area contributed by atoms with Gasteiger partial charge in [0.05, 0.1) is 18.7 Å². The second-order valence-corrected chi connectivity index (χ2v) is 6.08. The Labute approximate surface area is 147 Å². The van der Waals surface area contributed by atoms with Gasteiger partial charge in [0, 0.05) is 18.7 Å². The van der Waals surface area contributed by atoms with Crippen LogP contribution in [0.5, 0.6) is 5.75 Å². The number of para-hydroxylation sites is 3. The summed E-state index contributed by atoms with van der Waals surface area (Å²) in [5.74, 6) is 0.0793. The molecule has 0 aliphatic carbocycles. The zero-order valence-electron chi connectivity index (χ0n) is 14.5. The van der Waals surface area contributed by atoms with E-state index in [0.717, 1.165) is 17.7 Å². The molecule has 1 atom stereocenters. The van der Waals surface area contributed by atoms with Gasteiger partial charge in [-0.1, -0.05) is 37.3 Å². The number of benzene rings is 2. The zero-order valence-corrected chi connectivity index (χ0v) is 14.5. The van der Waals surface area contributed by atoms with E-state index in [9.17, 15) is 9.59 Å². The zero-order chi connectivity index (χ0) is 17.8. The van der Waals surface area contributed by atoms with E-state index in [4.69, 9.17) is 4.74 Å². The number of methoxy groups -OCH3 is 1. The average molecular weight is 338 g/mol. The summed E-state index contributed by atoms with van der Waals surface area (Å²) in [5.41, 5.74) is 2.61. The first-order valence-electron chi connectivity index (χ1n) is 8.46. The highest BCUT2D eigenvalue weighted by atomic mass is 16.5. The molecule has 1 heterocycles. The first-order chi connectivity index (χ1) is 12.1. The number of anilines is 2. The highest BCUT2D eigenvalue weighted by Gasteiger charge is 2.36. The standard InChI is InChI=1S/C20H22N2O3/c1-3-14-8-4-5-9-16(14)21-20(24)15-12-19(23)22(13-15)17-10-6-7-11-18(17)25-2/h4-11,15H,3,12-13H2,1-2H3,(H,21,24)/t15-/m0/s1. The van der Waals surface area contributed by atoms with Crippen molar-refractivity contribution in [2.75, 3.05) is 23.9 Å². The molecule has 0 spiro atoms. The third-order valence-corrected chi connectivity index (χ3v) is 4.53. The van der Waals surface area contributed by atoms with Gasteiger partial charge in [0.2, 0.25) is 11.8 Å². The van der Waals surface area contributed by atoms with Gasteiger partial charge in [0.15, 0.2) is 0 Å². The van der Waals surface area contributed by atoms with Crippen LogP contribution in [0.4, 0.5) is 11.4 Å². The van der Waals surface area contributed by atoms with Gasteiger partial charge in [0.25, 0.3) is 0 Å². The van der Waals surface area contributed by atoms with Gasteiger partial charge < -0.3 is 15.0 Å². The molecule has 130 valence electrons. The third-order valence-electron chi connectivity index (χ3n) is 4.53. The maximum Gasteiger partial charge on any atom is 0.229 e. The fourth-order valence-corrected chi connectivity index (χ4v) is 3.15. The Bertz CT molecular complexity index is 788. The number of hydrogen-bond acceptors (Lipinski definition) is 3. The maximum atomic E-state index is 12.6. The molecule has 25 heavy (non-hydrogen) atoms. The summed E-state index contributed by atoms with van der Waals surface area (Å²) in [6.45, 7) is 2.41. The summed E-state index contributed by atoms with van der Waals surface area (Å²) in [5, 5.41) is 2.98. The summed E-state index contributed by atoms with van der Waals surface area (Å²) in [7, 11) is 1.57. The first kappa shape index (κ1) is 17.0. The van der Waals surface area contributed by atoms with Crippen molar-refractivity contribution >= 4 is 23.2 Å². The number of carbonyl (C=O) groups is 2. The molecule has 1 N–H and O–H groups in total. The van der Waals surface area contributed by atoms with Gasteiger partial charge in [0.1, 0.15) is 5.75 Å². The highest BCUT2D eigenvalue weighted by molar-refractivity contribution is 6.04. The largest absolute Gasteiger partial charge is 0.495 e. The van der Waals surface area contributed by atoms with Crippen LogP contribution in [0.2, 0.25) is 0 Å².